The molecule has 0 atom stereocenters. The van der Waals surface area contributed by atoms with Gasteiger partial charge in [0.1, 0.15) is 6.54 Å². The maximum Gasteiger partial charge on any atom is 0.243 e. The van der Waals surface area contributed by atoms with Crippen LogP contribution >= 0.6 is 0 Å². The van der Waals surface area contributed by atoms with Crippen molar-refractivity contribution in [1.29, 1.82) is 0 Å². The molecule has 0 heterocycles. The summed E-state index contributed by atoms with van der Waals surface area (Å²) in [5.74, 6) is 2.37. The van der Waals surface area contributed by atoms with Crippen LogP contribution < -0.4 is 10.6 Å². The van der Waals surface area contributed by atoms with Crippen molar-refractivity contribution in [3.63, 3.8) is 0 Å². The quantitative estimate of drug-likeness (QED) is 0.379. The summed E-state index contributed by atoms with van der Waals surface area (Å²) in [6, 6.07) is 0.447. The second-order valence-electron chi connectivity index (χ2n) is 7.43. The van der Waals surface area contributed by atoms with Gasteiger partial charge < -0.3 is 20.3 Å². The van der Waals surface area contributed by atoms with Gasteiger partial charge >= 0.3 is 0 Å². The van der Waals surface area contributed by atoms with Crippen molar-refractivity contribution in [2.45, 2.75) is 58.9 Å². The number of aliphatic imine (C=N–C) groups is 1. The molecule has 1 fully saturated rings. The first-order valence-electron chi connectivity index (χ1n) is 9.76. The Morgan fingerprint density at radius 1 is 1.24 bits per heavy atom. The Balaban J connectivity index is 2.49. The molecule has 0 radical (unpaired) electrons. The molecule has 0 aromatic rings. The van der Waals surface area contributed by atoms with Gasteiger partial charge in [-0.15, -0.1) is 0 Å². The van der Waals surface area contributed by atoms with Gasteiger partial charge in [-0.1, -0.05) is 13.8 Å². The normalized spacial score (nSPS) is 21.3. The molecule has 146 valence electrons. The van der Waals surface area contributed by atoms with Gasteiger partial charge in [-0.25, -0.2) is 4.99 Å². The Hall–Kier alpha value is -1.30. The maximum absolute atomic E-state index is 11.8. The van der Waals surface area contributed by atoms with E-state index in [4.69, 9.17) is 4.74 Å². The Bertz CT molecular complexity index is 402. The van der Waals surface area contributed by atoms with Crippen LogP contribution in [0, 0.1) is 11.8 Å². The Labute approximate surface area is 153 Å². The van der Waals surface area contributed by atoms with Crippen molar-refractivity contribution in [3.8, 4) is 0 Å². The smallest absolute Gasteiger partial charge is 0.243 e. The highest BCUT2D eigenvalue weighted by atomic mass is 16.5. The fourth-order valence-electron chi connectivity index (χ4n) is 3.09. The molecule has 1 amide bonds. The highest BCUT2D eigenvalue weighted by Crippen LogP contribution is 2.29. The van der Waals surface area contributed by atoms with E-state index < -0.39 is 0 Å². The summed E-state index contributed by atoms with van der Waals surface area (Å²) in [6.45, 7) is 9.10. The van der Waals surface area contributed by atoms with Gasteiger partial charge in [0.05, 0.1) is 0 Å². The van der Waals surface area contributed by atoms with E-state index >= 15 is 0 Å². The number of rotatable bonds is 9. The van der Waals surface area contributed by atoms with Crippen molar-refractivity contribution >= 4 is 11.9 Å². The predicted octanol–water partition coefficient (Wildman–Crippen LogP) is 2.25. The molecule has 0 unspecified atom stereocenters. The number of amides is 1. The largest absolute Gasteiger partial charge is 0.382 e. The summed E-state index contributed by atoms with van der Waals surface area (Å²) in [6.07, 6.45) is 5.80. The average molecular weight is 355 g/mol. The number of nitrogens with zero attached hydrogens (tertiary/aromatic N) is 2. The van der Waals surface area contributed by atoms with Gasteiger partial charge in [0.15, 0.2) is 5.96 Å². The Morgan fingerprint density at radius 2 is 1.92 bits per heavy atom. The van der Waals surface area contributed by atoms with Crippen molar-refractivity contribution in [1.82, 2.24) is 15.5 Å². The Morgan fingerprint density at radius 3 is 2.48 bits per heavy atom. The SMILES string of the molecule is CCOCCCNC(=NCC(=O)N(C)C)NC1CCC(C(C)C)CC1. The lowest BCUT2D eigenvalue weighted by atomic mass is 9.80. The first kappa shape index (κ1) is 21.7. The number of nitrogens with one attached hydrogen (secondary N) is 2. The van der Waals surface area contributed by atoms with E-state index in [1.165, 1.54) is 25.7 Å². The van der Waals surface area contributed by atoms with Crippen LogP contribution in [0.5, 0.6) is 0 Å². The molecule has 1 aliphatic rings. The number of ether oxygens (including phenoxy) is 1. The zero-order chi connectivity index (χ0) is 18.7. The molecule has 0 aliphatic heterocycles. The minimum Gasteiger partial charge on any atom is -0.382 e. The van der Waals surface area contributed by atoms with Crippen LogP contribution in [0.2, 0.25) is 0 Å². The fourth-order valence-corrected chi connectivity index (χ4v) is 3.09. The van der Waals surface area contributed by atoms with Crippen LogP contribution in [0.15, 0.2) is 4.99 Å². The molecular formula is C19H38N4O2. The summed E-state index contributed by atoms with van der Waals surface area (Å²) < 4.78 is 5.37. The van der Waals surface area contributed by atoms with Gasteiger partial charge in [-0.2, -0.15) is 0 Å². The third kappa shape index (κ3) is 9.10. The predicted molar refractivity (Wildman–Crippen MR) is 104 cm³/mol. The van der Waals surface area contributed by atoms with Crippen LogP contribution in [0.4, 0.5) is 0 Å². The molecule has 0 aromatic heterocycles. The number of carbonyl (C=O) groups excluding carboxylic acids is 1. The molecule has 1 saturated carbocycles. The first-order chi connectivity index (χ1) is 11.9. The summed E-state index contributed by atoms with van der Waals surface area (Å²) in [5.41, 5.74) is 0. The molecule has 0 spiro atoms. The lowest BCUT2D eigenvalue weighted by Crippen LogP contribution is -2.46. The Kier molecular flexibility index (Phi) is 10.5. The number of hydrogen-bond donors (Lipinski definition) is 2. The summed E-state index contributed by atoms with van der Waals surface area (Å²) in [7, 11) is 3.52. The zero-order valence-electron chi connectivity index (χ0n) is 16.8. The van der Waals surface area contributed by atoms with Gasteiger partial charge in [-0.3, -0.25) is 4.79 Å². The van der Waals surface area contributed by atoms with Crippen LogP contribution in [-0.2, 0) is 9.53 Å². The number of carbonyl (C=O) groups is 1. The standard InChI is InChI=1S/C19H38N4O2/c1-6-25-13-7-12-20-19(21-14-18(24)23(4)5)22-17-10-8-16(9-11-17)15(2)3/h15-17H,6-14H2,1-5H3,(H2,20,21,22). The molecule has 2 N–H and O–H groups in total. The average Bonchev–Trinajstić information content (AvgIpc) is 2.59. The zero-order valence-corrected chi connectivity index (χ0v) is 16.8. The van der Waals surface area contributed by atoms with E-state index in [-0.39, 0.29) is 12.5 Å². The van der Waals surface area contributed by atoms with Crippen LogP contribution in [0.25, 0.3) is 0 Å². The minimum absolute atomic E-state index is 0.0129. The highest BCUT2D eigenvalue weighted by molar-refractivity contribution is 5.84. The number of hydrogen-bond acceptors (Lipinski definition) is 3. The third-order valence-electron chi connectivity index (χ3n) is 4.89. The van der Waals surface area contributed by atoms with Crippen LogP contribution in [-0.4, -0.2) is 63.2 Å². The van der Waals surface area contributed by atoms with Crippen molar-refractivity contribution < 1.29 is 9.53 Å². The molecule has 0 saturated heterocycles. The lowest BCUT2D eigenvalue weighted by molar-refractivity contribution is -0.127. The van der Waals surface area contributed by atoms with Gasteiger partial charge in [0.25, 0.3) is 0 Å². The van der Waals surface area contributed by atoms with Gasteiger partial charge in [0.2, 0.25) is 5.91 Å². The monoisotopic (exact) mass is 354 g/mol. The van der Waals surface area contributed by atoms with Crippen molar-refractivity contribution in [3.05, 3.63) is 0 Å². The summed E-state index contributed by atoms with van der Waals surface area (Å²) in [4.78, 5) is 17.9. The lowest BCUT2D eigenvalue weighted by Gasteiger charge is -2.32. The van der Waals surface area contributed by atoms with Crippen molar-refractivity contribution in [2.75, 3.05) is 40.4 Å². The highest BCUT2D eigenvalue weighted by Gasteiger charge is 2.23. The second kappa shape index (κ2) is 12.1. The minimum atomic E-state index is 0.0129. The number of guanidine groups is 1. The second-order valence-corrected chi connectivity index (χ2v) is 7.43. The topological polar surface area (TPSA) is 66.0 Å². The number of likely N-dealkylation sites (N-methyl/N-ethyl adjacent to an activating group) is 1. The van der Waals surface area contributed by atoms with E-state index in [2.05, 4.69) is 29.5 Å². The molecular weight excluding hydrogens is 316 g/mol. The van der Waals surface area contributed by atoms with Crippen LogP contribution in [0.1, 0.15) is 52.9 Å². The maximum atomic E-state index is 11.8. The van der Waals surface area contributed by atoms with E-state index in [0.29, 0.717) is 6.04 Å². The van der Waals surface area contributed by atoms with E-state index in [0.717, 1.165) is 44.0 Å². The van der Waals surface area contributed by atoms with E-state index in [1.807, 2.05) is 6.92 Å². The van der Waals surface area contributed by atoms with Crippen molar-refractivity contribution in [2.24, 2.45) is 16.8 Å². The molecule has 1 rings (SSSR count). The summed E-state index contributed by atoms with van der Waals surface area (Å²) >= 11 is 0. The van der Waals surface area contributed by atoms with Gasteiger partial charge in [-0.05, 0) is 50.9 Å². The van der Waals surface area contributed by atoms with E-state index in [1.54, 1.807) is 19.0 Å². The molecule has 25 heavy (non-hydrogen) atoms. The molecule has 1 aliphatic carbocycles. The molecule has 6 heteroatoms. The molecule has 6 nitrogen and oxygen atoms in total. The van der Waals surface area contributed by atoms with Crippen LogP contribution in [0.3, 0.4) is 0 Å². The summed E-state index contributed by atoms with van der Waals surface area (Å²) in [5, 5.41) is 6.87. The first-order valence-corrected chi connectivity index (χ1v) is 9.76. The molecule has 0 aromatic carbocycles. The third-order valence-corrected chi connectivity index (χ3v) is 4.89. The fraction of sp³-hybridized carbons (Fsp3) is 0.895. The van der Waals surface area contributed by atoms with E-state index in [9.17, 15) is 4.79 Å². The molecule has 0 bridgehead atoms. The van der Waals surface area contributed by atoms with Gasteiger partial charge in [0, 0.05) is 39.9 Å².